The number of pyridine rings is 1. The predicted octanol–water partition coefficient (Wildman–Crippen LogP) is 3.27. The van der Waals surface area contributed by atoms with Crippen LogP contribution in [-0.4, -0.2) is 29.4 Å². The van der Waals surface area contributed by atoms with Crippen LogP contribution in [0.4, 0.5) is 17.6 Å². The van der Waals surface area contributed by atoms with Gasteiger partial charge in [-0.25, -0.2) is 9.37 Å². The molecule has 1 aromatic heterocycles. The molecule has 0 aliphatic carbocycles. The van der Waals surface area contributed by atoms with Crippen LogP contribution in [0.3, 0.4) is 0 Å². The molecule has 0 bridgehead atoms. The Morgan fingerprint density at radius 1 is 1.23 bits per heavy atom. The van der Waals surface area contributed by atoms with Crippen molar-refractivity contribution in [3.63, 3.8) is 0 Å². The number of nitrogens with two attached hydrogens (primary N) is 1. The quantitative estimate of drug-likeness (QED) is 0.814. The number of fused-ring (bicyclic) bond motifs is 1. The van der Waals surface area contributed by atoms with Crippen LogP contribution in [0.5, 0.6) is 5.75 Å². The molecule has 0 saturated heterocycles. The smallest absolute Gasteiger partial charge is 0.424 e. The van der Waals surface area contributed by atoms with Crippen molar-refractivity contribution in [2.75, 3.05) is 13.2 Å². The molecule has 0 fully saturated rings. The van der Waals surface area contributed by atoms with Gasteiger partial charge in [-0.3, -0.25) is 0 Å². The first-order chi connectivity index (χ1) is 12.0. The van der Waals surface area contributed by atoms with Crippen LogP contribution in [-0.2, 0) is 11.0 Å². The average Bonchev–Trinajstić information content (AvgIpc) is 2.88. The third-order valence-electron chi connectivity index (χ3n) is 4.59. The van der Waals surface area contributed by atoms with Crippen molar-refractivity contribution in [1.82, 2.24) is 4.98 Å². The van der Waals surface area contributed by atoms with Gasteiger partial charge < -0.3 is 15.6 Å². The van der Waals surface area contributed by atoms with Crippen molar-refractivity contribution >= 4 is 0 Å². The molecule has 1 aliphatic heterocycles. The lowest BCUT2D eigenvalue weighted by atomic mass is 9.84. The molecule has 8 heteroatoms. The summed E-state index contributed by atoms with van der Waals surface area (Å²) < 4.78 is 59.3. The summed E-state index contributed by atoms with van der Waals surface area (Å²) >= 11 is 0. The van der Waals surface area contributed by atoms with Gasteiger partial charge in [-0.15, -0.1) is 0 Å². The van der Waals surface area contributed by atoms with Crippen LogP contribution in [0.25, 0.3) is 11.3 Å². The van der Waals surface area contributed by atoms with Gasteiger partial charge in [0.2, 0.25) is 5.60 Å². The maximum atomic E-state index is 13.5. The minimum atomic E-state index is -5.01. The van der Waals surface area contributed by atoms with Crippen LogP contribution < -0.4 is 10.5 Å². The Kier molecular flexibility index (Phi) is 4.23. The summed E-state index contributed by atoms with van der Waals surface area (Å²) in [5.74, 6) is -0.163. The van der Waals surface area contributed by atoms with Gasteiger partial charge in [0.15, 0.2) is 0 Å². The van der Waals surface area contributed by atoms with Crippen molar-refractivity contribution in [3.05, 3.63) is 47.4 Å². The normalized spacial score (nSPS) is 18.2. The number of aliphatic hydroxyl groups is 1. The van der Waals surface area contributed by atoms with E-state index in [1.165, 1.54) is 30.3 Å². The van der Waals surface area contributed by atoms with Gasteiger partial charge in [0, 0.05) is 23.1 Å². The first kappa shape index (κ1) is 18.6. The van der Waals surface area contributed by atoms with Crippen molar-refractivity contribution in [3.8, 4) is 17.0 Å². The average molecular weight is 370 g/mol. The second kappa shape index (κ2) is 5.92. The van der Waals surface area contributed by atoms with E-state index in [0.717, 1.165) is 0 Å². The van der Waals surface area contributed by atoms with Crippen molar-refractivity contribution < 1.29 is 27.4 Å². The highest BCUT2D eigenvalue weighted by molar-refractivity contribution is 5.70. The number of halogens is 4. The molecule has 2 aromatic rings. The van der Waals surface area contributed by atoms with Crippen LogP contribution in [0, 0.1) is 5.82 Å². The molecule has 0 amide bonds. The molecule has 0 spiro atoms. The van der Waals surface area contributed by atoms with Crippen molar-refractivity contribution in [2.24, 2.45) is 5.73 Å². The highest BCUT2D eigenvalue weighted by atomic mass is 19.4. The number of hydrogen-bond acceptors (Lipinski definition) is 4. The summed E-state index contributed by atoms with van der Waals surface area (Å²) in [4.78, 5) is 4.02. The number of nitrogens with zero attached hydrogens (tertiary/aromatic N) is 1. The Hall–Kier alpha value is -2.19. The van der Waals surface area contributed by atoms with E-state index in [-0.39, 0.29) is 12.3 Å². The summed E-state index contributed by atoms with van der Waals surface area (Å²) in [6.07, 6.45) is -5.01. The first-order valence-corrected chi connectivity index (χ1v) is 7.93. The summed E-state index contributed by atoms with van der Waals surface area (Å²) in [6, 6.07) is 6.33. The summed E-state index contributed by atoms with van der Waals surface area (Å²) in [5.41, 5.74) is 1.74. The van der Waals surface area contributed by atoms with Crippen molar-refractivity contribution in [2.45, 2.75) is 31.0 Å². The van der Waals surface area contributed by atoms with Gasteiger partial charge in [0.25, 0.3) is 0 Å². The van der Waals surface area contributed by atoms with Gasteiger partial charge in [-0.05, 0) is 30.3 Å². The minimum Gasteiger partial charge on any atom is -0.490 e. The molecular formula is C18H18F4N2O2. The second-order valence-electron chi connectivity index (χ2n) is 6.97. The van der Waals surface area contributed by atoms with Gasteiger partial charge in [-0.1, -0.05) is 13.8 Å². The van der Waals surface area contributed by atoms with E-state index in [4.69, 9.17) is 10.5 Å². The molecule has 4 nitrogen and oxygen atoms in total. The third kappa shape index (κ3) is 2.83. The number of benzene rings is 1. The zero-order valence-electron chi connectivity index (χ0n) is 14.2. The van der Waals surface area contributed by atoms with Crippen LogP contribution in [0.1, 0.15) is 25.1 Å². The van der Waals surface area contributed by atoms with E-state index in [0.29, 0.717) is 16.9 Å². The van der Waals surface area contributed by atoms with E-state index in [9.17, 15) is 22.7 Å². The number of hydrogen-bond donors (Lipinski definition) is 2. The van der Waals surface area contributed by atoms with E-state index >= 15 is 0 Å². The number of ether oxygens (including phenoxy) is 1. The fourth-order valence-corrected chi connectivity index (χ4v) is 2.89. The number of aromatic nitrogens is 1. The van der Waals surface area contributed by atoms with E-state index in [2.05, 4.69) is 4.98 Å². The standard InChI is InChI=1S/C18H18F4N2O2/c1-16(2)9-26-15-12(16)7-13(17(25,8-23)18(20,21)22)24-14(15)10-3-5-11(19)6-4-10/h3-7,25H,8-9,23H2,1-2H3/t17-/m1/s1. The lowest BCUT2D eigenvalue weighted by molar-refractivity contribution is -0.263. The topological polar surface area (TPSA) is 68.4 Å². The van der Waals surface area contributed by atoms with Gasteiger partial charge >= 0.3 is 6.18 Å². The largest absolute Gasteiger partial charge is 0.490 e. The van der Waals surface area contributed by atoms with Gasteiger partial charge in [0.1, 0.15) is 17.3 Å². The Balaban J connectivity index is 2.29. The molecule has 3 rings (SSSR count). The molecule has 140 valence electrons. The van der Waals surface area contributed by atoms with Gasteiger partial charge in [0.05, 0.1) is 12.3 Å². The minimum absolute atomic E-state index is 0.110. The molecule has 0 unspecified atom stereocenters. The summed E-state index contributed by atoms with van der Waals surface area (Å²) in [5, 5.41) is 10.2. The molecular weight excluding hydrogens is 352 g/mol. The molecule has 26 heavy (non-hydrogen) atoms. The van der Waals surface area contributed by atoms with Crippen molar-refractivity contribution in [1.29, 1.82) is 0 Å². The highest BCUT2D eigenvalue weighted by Crippen LogP contribution is 2.47. The highest BCUT2D eigenvalue weighted by Gasteiger charge is 2.56. The maximum Gasteiger partial charge on any atom is 0.424 e. The van der Waals surface area contributed by atoms with E-state index in [1.807, 2.05) is 13.8 Å². The van der Waals surface area contributed by atoms with E-state index < -0.39 is 35.2 Å². The maximum absolute atomic E-state index is 13.5. The molecule has 2 heterocycles. The van der Waals surface area contributed by atoms with E-state index in [1.54, 1.807) is 0 Å². The molecule has 1 aromatic carbocycles. The fourth-order valence-electron chi connectivity index (χ4n) is 2.89. The number of alkyl halides is 3. The monoisotopic (exact) mass is 370 g/mol. The van der Waals surface area contributed by atoms with Crippen LogP contribution in [0.15, 0.2) is 30.3 Å². The Labute approximate surface area is 147 Å². The fraction of sp³-hybridized carbons (Fsp3) is 0.389. The second-order valence-corrected chi connectivity index (χ2v) is 6.97. The molecule has 0 saturated carbocycles. The molecule has 3 N–H and O–H groups in total. The lowest BCUT2D eigenvalue weighted by Gasteiger charge is -2.30. The lowest BCUT2D eigenvalue weighted by Crippen LogP contribution is -2.49. The Bertz CT molecular complexity index is 834. The predicted molar refractivity (Wildman–Crippen MR) is 87.2 cm³/mol. The zero-order chi connectivity index (χ0) is 19.3. The molecule has 0 radical (unpaired) electrons. The van der Waals surface area contributed by atoms with Crippen LogP contribution in [0.2, 0.25) is 0 Å². The SMILES string of the molecule is CC1(C)COc2c1cc([C@](O)(CN)C(F)(F)F)nc2-c1ccc(F)cc1. The third-order valence-corrected chi connectivity index (χ3v) is 4.59. The van der Waals surface area contributed by atoms with Gasteiger partial charge in [-0.2, -0.15) is 13.2 Å². The first-order valence-electron chi connectivity index (χ1n) is 7.93. The zero-order valence-corrected chi connectivity index (χ0v) is 14.2. The summed E-state index contributed by atoms with van der Waals surface area (Å²) in [6.45, 7) is 2.79. The Morgan fingerprint density at radius 3 is 2.38 bits per heavy atom. The number of rotatable bonds is 3. The molecule has 1 atom stereocenters. The summed E-state index contributed by atoms with van der Waals surface area (Å²) in [7, 11) is 0. The molecule has 1 aliphatic rings. The Morgan fingerprint density at radius 2 is 1.85 bits per heavy atom. The van der Waals surface area contributed by atoms with Crippen LogP contribution >= 0.6 is 0 Å².